The Balaban J connectivity index is 2.73. The minimum absolute atomic E-state index is 0.495. The van der Waals surface area contributed by atoms with E-state index in [1.54, 1.807) is 0 Å². The first-order valence-electron chi connectivity index (χ1n) is 3.56. The fourth-order valence-corrected chi connectivity index (χ4v) is 1.90. The van der Waals surface area contributed by atoms with Crippen molar-refractivity contribution in [1.29, 1.82) is 0 Å². The fraction of sp³-hybridized carbons (Fsp3) is 0.833. The zero-order valence-corrected chi connectivity index (χ0v) is 7.95. The molecule has 13 heavy (non-hydrogen) atoms. The molecule has 0 bridgehead atoms. The van der Waals surface area contributed by atoms with E-state index in [0.29, 0.717) is 0 Å². The monoisotopic (exact) mass is 214 g/mol. The summed E-state index contributed by atoms with van der Waals surface area (Å²) in [6.45, 7) is 0. The highest BCUT2D eigenvalue weighted by Gasteiger charge is 2.47. The van der Waals surface area contributed by atoms with E-state index in [4.69, 9.17) is 0 Å². The van der Waals surface area contributed by atoms with Gasteiger partial charge < -0.3 is 0 Å². The summed E-state index contributed by atoms with van der Waals surface area (Å²) in [5.74, 6) is -0.495. The molecule has 1 unspecified atom stereocenters. The normalized spacial score (nSPS) is 26.7. The van der Waals surface area contributed by atoms with E-state index in [9.17, 15) is 18.0 Å². The molecule has 1 atom stereocenters. The van der Waals surface area contributed by atoms with Gasteiger partial charge in [0.05, 0.1) is 6.42 Å². The summed E-state index contributed by atoms with van der Waals surface area (Å²) >= 11 is 0.781. The third-order valence-corrected chi connectivity index (χ3v) is 2.75. The van der Waals surface area contributed by atoms with Crippen LogP contribution in [0.15, 0.2) is 0 Å². The standard InChI is InChI=1S/C6H9F3N2OS/c1-10-4(6(7,8)9)3-5(12)11(2)13-10/h4H,3H2,1-2H3. The SMILES string of the molecule is CN1SN(C)C(C(F)(F)F)CC1=O. The van der Waals surface area contributed by atoms with E-state index in [2.05, 4.69) is 0 Å². The smallest absolute Gasteiger partial charge is 0.276 e. The van der Waals surface area contributed by atoms with Gasteiger partial charge in [-0.3, -0.25) is 9.10 Å². The number of carbonyl (C=O) groups is 1. The van der Waals surface area contributed by atoms with Crippen molar-refractivity contribution in [1.82, 2.24) is 8.61 Å². The van der Waals surface area contributed by atoms with Crippen LogP contribution in [0.5, 0.6) is 0 Å². The molecule has 0 aromatic carbocycles. The van der Waals surface area contributed by atoms with Gasteiger partial charge in [0.15, 0.2) is 0 Å². The lowest BCUT2D eigenvalue weighted by molar-refractivity contribution is -0.176. The molecule has 1 aliphatic heterocycles. The van der Waals surface area contributed by atoms with Gasteiger partial charge in [-0.2, -0.15) is 13.2 Å². The van der Waals surface area contributed by atoms with Crippen LogP contribution in [0.1, 0.15) is 6.42 Å². The van der Waals surface area contributed by atoms with E-state index in [1.807, 2.05) is 0 Å². The molecule has 0 spiro atoms. The van der Waals surface area contributed by atoms with Crippen LogP contribution >= 0.6 is 12.1 Å². The Morgan fingerprint density at radius 3 is 2.46 bits per heavy atom. The van der Waals surface area contributed by atoms with Crippen molar-refractivity contribution in [3.63, 3.8) is 0 Å². The maximum atomic E-state index is 12.3. The van der Waals surface area contributed by atoms with Crippen molar-refractivity contribution in [3.05, 3.63) is 0 Å². The number of alkyl halides is 3. The Morgan fingerprint density at radius 2 is 2.00 bits per heavy atom. The maximum Gasteiger partial charge on any atom is 0.405 e. The largest absolute Gasteiger partial charge is 0.405 e. The second kappa shape index (κ2) is 3.38. The topological polar surface area (TPSA) is 23.6 Å². The first kappa shape index (κ1) is 10.6. The quantitative estimate of drug-likeness (QED) is 0.567. The van der Waals surface area contributed by atoms with Gasteiger partial charge in [0.2, 0.25) is 5.91 Å². The van der Waals surface area contributed by atoms with Crippen LogP contribution in [-0.2, 0) is 4.79 Å². The van der Waals surface area contributed by atoms with Crippen LogP contribution in [0.4, 0.5) is 13.2 Å². The summed E-state index contributed by atoms with van der Waals surface area (Å²) in [4.78, 5) is 11.0. The number of hydrogen-bond acceptors (Lipinski definition) is 3. The van der Waals surface area contributed by atoms with E-state index in [0.717, 1.165) is 16.4 Å². The molecule has 1 fully saturated rings. The van der Waals surface area contributed by atoms with Crippen molar-refractivity contribution in [3.8, 4) is 0 Å². The van der Waals surface area contributed by atoms with Gasteiger partial charge in [-0.25, -0.2) is 4.31 Å². The molecule has 0 aliphatic carbocycles. The van der Waals surface area contributed by atoms with Crippen LogP contribution in [0.25, 0.3) is 0 Å². The Kier molecular flexibility index (Phi) is 2.76. The van der Waals surface area contributed by atoms with Gasteiger partial charge in [0.25, 0.3) is 0 Å². The molecule has 0 radical (unpaired) electrons. The highest BCUT2D eigenvalue weighted by molar-refractivity contribution is 7.95. The number of halogens is 3. The lowest BCUT2D eigenvalue weighted by Crippen LogP contribution is -2.48. The predicted octanol–water partition coefficient (Wildman–Crippen LogP) is 1.27. The first-order valence-corrected chi connectivity index (χ1v) is 4.29. The van der Waals surface area contributed by atoms with Crippen LogP contribution in [0, 0.1) is 0 Å². The molecular formula is C6H9F3N2OS. The third-order valence-electron chi connectivity index (χ3n) is 1.79. The zero-order valence-electron chi connectivity index (χ0n) is 7.13. The van der Waals surface area contributed by atoms with Crippen molar-refractivity contribution in [2.24, 2.45) is 0 Å². The maximum absolute atomic E-state index is 12.3. The molecule has 1 saturated heterocycles. The zero-order chi connectivity index (χ0) is 10.2. The summed E-state index contributed by atoms with van der Waals surface area (Å²) in [7, 11) is 2.78. The predicted molar refractivity (Wildman–Crippen MR) is 42.6 cm³/mol. The number of hydrogen-bond donors (Lipinski definition) is 0. The number of rotatable bonds is 0. The Hall–Kier alpha value is -0.430. The number of carbonyl (C=O) groups excluding carboxylic acids is 1. The first-order chi connectivity index (χ1) is 5.82. The summed E-state index contributed by atoms with van der Waals surface area (Å²) < 4.78 is 39.0. The lowest BCUT2D eigenvalue weighted by Gasteiger charge is -2.36. The van der Waals surface area contributed by atoms with E-state index in [1.165, 1.54) is 18.4 Å². The van der Waals surface area contributed by atoms with Crippen LogP contribution in [-0.4, -0.2) is 40.8 Å². The summed E-state index contributed by atoms with van der Waals surface area (Å²) in [6.07, 6.45) is -4.83. The van der Waals surface area contributed by atoms with E-state index < -0.39 is 24.5 Å². The summed E-state index contributed by atoms with van der Waals surface area (Å²) in [5, 5.41) is 0. The molecule has 0 N–H and O–H groups in total. The average molecular weight is 214 g/mol. The molecule has 0 aromatic heterocycles. The Morgan fingerprint density at radius 1 is 1.46 bits per heavy atom. The highest BCUT2D eigenvalue weighted by atomic mass is 32.2. The molecule has 76 valence electrons. The van der Waals surface area contributed by atoms with Crippen molar-refractivity contribution in [2.75, 3.05) is 14.1 Å². The molecule has 0 aromatic rings. The number of nitrogens with zero attached hydrogens (tertiary/aromatic N) is 2. The molecule has 1 rings (SSSR count). The minimum Gasteiger partial charge on any atom is -0.276 e. The fourth-order valence-electron chi connectivity index (χ4n) is 1.04. The van der Waals surface area contributed by atoms with E-state index >= 15 is 0 Å². The van der Waals surface area contributed by atoms with Crippen molar-refractivity contribution >= 4 is 18.0 Å². The average Bonchev–Trinajstić information content (AvgIpc) is 1.94. The molecule has 0 saturated carbocycles. The molecule has 1 aliphatic rings. The number of amides is 1. The Labute approximate surface area is 78.1 Å². The van der Waals surface area contributed by atoms with Crippen LogP contribution in [0.3, 0.4) is 0 Å². The van der Waals surface area contributed by atoms with Gasteiger partial charge in [0, 0.05) is 19.2 Å². The van der Waals surface area contributed by atoms with Gasteiger partial charge in [-0.1, -0.05) is 0 Å². The lowest BCUT2D eigenvalue weighted by atomic mass is 10.2. The van der Waals surface area contributed by atoms with Crippen LogP contribution < -0.4 is 0 Å². The van der Waals surface area contributed by atoms with Crippen molar-refractivity contribution in [2.45, 2.75) is 18.6 Å². The van der Waals surface area contributed by atoms with Crippen molar-refractivity contribution < 1.29 is 18.0 Å². The summed E-state index contributed by atoms with van der Waals surface area (Å²) in [5.41, 5.74) is 0. The molecule has 3 nitrogen and oxygen atoms in total. The molecule has 1 heterocycles. The molecular weight excluding hydrogens is 205 g/mol. The molecule has 1 amide bonds. The van der Waals surface area contributed by atoms with Gasteiger partial charge in [-0.05, 0) is 7.05 Å². The van der Waals surface area contributed by atoms with Crippen LogP contribution in [0.2, 0.25) is 0 Å². The Bertz CT molecular complexity index is 220. The minimum atomic E-state index is -4.33. The highest BCUT2D eigenvalue weighted by Crippen LogP contribution is 2.35. The van der Waals surface area contributed by atoms with E-state index in [-0.39, 0.29) is 0 Å². The van der Waals surface area contributed by atoms with Gasteiger partial charge in [-0.15, -0.1) is 0 Å². The molecule has 7 heteroatoms. The van der Waals surface area contributed by atoms with Gasteiger partial charge >= 0.3 is 6.18 Å². The summed E-state index contributed by atoms with van der Waals surface area (Å²) in [6, 6.07) is -1.67. The second-order valence-electron chi connectivity index (χ2n) is 2.78. The second-order valence-corrected chi connectivity index (χ2v) is 4.07. The third kappa shape index (κ3) is 2.28. The van der Waals surface area contributed by atoms with Gasteiger partial charge in [0.1, 0.15) is 6.04 Å².